The van der Waals surface area contributed by atoms with Crippen molar-refractivity contribution >= 4 is 12.0 Å². The standard InChI is InChI=1S/C26H31F2N3O3/c1-19(32)31(23-16-30(17-23)24(33)34-18-21-5-3-2-4-6-21)25(11-13-26(27,28)14-12-25)22-9-7-20(15-29)8-10-22/h2-10,23H,11-18,29H2,1H3. The van der Waals surface area contributed by atoms with Crippen LogP contribution in [-0.4, -0.2) is 46.9 Å². The fourth-order valence-corrected chi connectivity index (χ4v) is 5.14. The first-order chi connectivity index (χ1) is 16.2. The number of hydrogen-bond donors (Lipinski definition) is 1. The summed E-state index contributed by atoms with van der Waals surface area (Å²) in [5, 5.41) is 0. The number of carbonyl (C=O) groups excluding carboxylic acids is 2. The van der Waals surface area contributed by atoms with Crippen LogP contribution in [-0.2, 0) is 28.2 Å². The van der Waals surface area contributed by atoms with E-state index < -0.39 is 17.6 Å². The normalized spacial score (nSPS) is 19.2. The highest BCUT2D eigenvalue weighted by Crippen LogP contribution is 2.49. The van der Waals surface area contributed by atoms with Gasteiger partial charge in [-0.05, 0) is 29.5 Å². The van der Waals surface area contributed by atoms with Gasteiger partial charge in [0, 0.05) is 39.4 Å². The molecule has 0 aromatic heterocycles. The van der Waals surface area contributed by atoms with Gasteiger partial charge in [-0.3, -0.25) is 4.79 Å². The molecule has 0 spiro atoms. The molecular weight excluding hydrogens is 440 g/mol. The molecular formula is C26H31F2N3O3. The van der Waals surface area contributed by atoms with Crippen LogP contribution < -0.4 is 5.73 Å². The third-order valence-corrected chi connectivity index (χ3v) is 7.03. The van der Waals surface area contributed by atoms with E-state index in [0.29, 0.717) is 19.6 Å². The molecule has 2 aromatic rings. The quantitative estimate of drug-likeness (QED) is 0.677. The second kappa shape index (κ2) is 9.70. The molecule has 182 valence electrons. The molecule has 1 heterocycles. The average Bonchev–Trinajstić information content (AvgIpc) is 2.81. The number of alkyl halides is 2. The van der Waals surface area contributed by atoms with E-state index in [2.05, 4.69) is 0 Å². The molecule has 0 unspecified atom stereocenters. The molecule has 2 amide bonds. The zero-order valence-electron chi connectivity index (χ0n) is 19.4. The van der Waals surface area contributed by atoms with Gasteiger partial charge in [-0.1, -0.05) is 54.6 Å². The number of nitrogens with two attached hydrogens (primary N) is 1. The minimum Gasteiger partial charge on any atom is -0.445 e. The fourth-order valence-electron chi connectivity index (χ4n) is 5.14. The summed E-state index contributed by atoms with van der Waals surface area (Å²) in [5.74, 6) is -2.92. The van der Waals surface area contributed by atoms with Crippen LogP contribution in [0, 0.1) is 0 Å². The van der Waals surface area contributed by atoms with Crippen LogP contribution in [0.3, 0.4) is 0 Å². The minimum absolute atomic E-state index is 0.163. The van der Waals surface area contributed by atoms with Gasteiger partial charge in [0.15, 0.2) is 0 Å². The molecule has 8 heteroatoms. The highest BCUT2D eigenvalue weighted by atomic mass is 19.3. The molecule has 0 radical (unpaired) electrons. The zero-order valence-corrected chi connectivity index (χ0v) is 19.4. The predicted molar refractivity (Wildman–Crippen MR) is 124 cm³/mol. The second-order valence-electron chi connectivity index (χ2n) is 9.28. The van der Waals surface area contributed by atoms with E-state index in [1.807, 2.05) is 54.6 Å². The molecule has 1 saturated carbocycles. The van der Waals surface area contributed by atoms with Gasteiger partial charge in [-0.25, -0.2) is 13.6 Å². The molecule has 2 aromatic carbocycles. The molecule has 0 bridgehead atoms. The zero-order chi connectivity index (χ0) is 24.3. The third kappa shape index (κ3) is 4.92. The summed E-state index contributed by atoms with van der Waals surface area (Å²) in [4.78, 5) is 28.7. The number of carbonyl (C=O) groups is 2. The maximum absolute atomic E-state index is 14.1. The van der Waals surface area contributed by atoms with E-state index in [1.165, 1.54) is 6.92 Å². The van der Waals surface area contributed by atoms with Crippen molar-refractivity contribution in [1.82, 2.24) is 9.80 Å². The predicted octanol–water partition coefficient (Wildman–Crippen LogP) is 4.42. The van der Waals surface area contributed by atoms with Crippen LogP contribution in [0.2, 0.25) is 0 Å². The number of ether oxygens (including phenoxy) is 1. The number of rotatable bonds is 6. The fraction of sp³-hybridized carbons (Fsp3) is 0.462. The Morgan fingerprint density at radius 2 is 1.62 bits per heavy atom. The number of likely N-dealkylation sites (tertiary alicyclic amines) is 1. The SMILES string of the molecule is CC(=O)N(C1CN(C(=O)OCc2ccccc2)C1)C1(c2ccc(CN)cc2)CCC(F)(F)CC1. The molecule has 34 heavy (non-hydrogen) atoms. The largest absolute Gasteiger partial charge is 0.445 e. The van der Waals surface area contributed by atoms with Gasteiger partial charge < -0.3 is 20.3 Å². The number of hydrogen-bond acceptors (Lipinski definition) is 4. The van der Waals surface area contributed by atoms with Crippen molar-refractivity contribution in [2.24, 2.45) is 5.73 Å². The number of halogens is 2. The Morgan fingerprint density at radius 1 is 1.00 bits per heavy atom. The van der Waals surface area contributed by atoms with Crippen molar-refractivity contribution in [3.05, 3.63) is 71.3 Å². The third-order valence-electron chi connectivity index (χ3n) is 7.03. The Bertz CT molecular complexity index is 998. The van der Waals surface area contributed by atoms with Crippen LogP contribution in [0.4, 0.5) is 13.6 Å². The van der Waals surface area contributed by atoms with Crippen molar-refractivity contribution in [2.75, 3.05) is 13.1 Å². The van der Waals surface area contributed by atoms with Crippen LogP contribution in [0.5, 0.6) is 0 Å². The molecule has 1 aliphatic carbocycles. The molecule has 1 aliphatic heterocycles. The molecule has 0 atom stereocenters. The Balaban J connectivity index is 1.50. The van der Waals surface area contributed by atoms with Crippen LogP contribution >= 0.6 is 0 Å². The van der Waals surface area contributed by atoms with E-state index >= 15 is 0 Å². The summed E-state index contributed by atoms with van der Waals surface area (Å²) in [6, 6.07) is 16.7. The monoisotopic (exact) mass is 471 g/mol. The Kier molecular flexibility index (Phi) is 6.89. The summed E-state index contributed by atoms with van der Waals surface area (Å²) in [6.07, 6.45) is -0.691. The van der Waals surface area contributed by atoms with Gasteiger partial charge in [-0.15, -0.1) is 0 Å². The van der Waals surface area contributed by atoms with Crippen molar-refractivity contribution < 1.29 is 23.1 Å². The maximum Gasteiger partial charge on any atom is 0.410 e. The van der Waals surface area contributed by atoms with Gasteiger partial charge in [0.05, 0.1) is 11.6 Å². The van der Waals surface area contributed by atoms with Crippen LogP contribution in [0.15, 0.2) is 54.6 Å². The van der Waals surface area contributed by atoms with Crippen LogP contribution in [0.25, 0.3) is 0 Å². The summed E-state index contributed by atoms with van der Waals surface area (Å²) in [7, 11) is 0. The van der Waals surface area contributed by atoms with E-state index in [4.69, 9.17) is 10.5 Å². The van der Waals surface area contributed by atoms with Gasteiger partial charge in [0.1, 0.15) is 6.61 Å². The Labute approximate surface area is 198 Å². The van der Waals surface area contributed by atoms with E-state index in [1.54, 1.807) is 9.80 Å². The molecule has 6 nitrogen and oxygen atoms in total. The highest BCUT2D eigenvalue weighted by molar-refractivity contribution is 5.76. The number of nitrogens with zero attached hydrogens (tertiary/aromatic N) is 2. The lowest BCUT2D eigenvalue weighted by Gasteiger charge is -2.55. The van der Waals surface area contributed by atoms with E-state index in [0.717, 1.165) is 16.7 Å². The minimum atomic E-state index is -2.74. The van der Waals surface area contributed by atoms with Crippen molar-refractivity contribution in [3.8, 4) is 0 Å². The topological polar surface area (TPSA) is 75.9 Å². The first-order valence-corrected chi connectivity index (χ1v) is 11.7. The summed E-state index contributed by atoms with van der Waals surface area (Å²) in [5.41, 5.74) is 7.54. The number of benzene rings is 2. The van der Waals surface area contributed by atoms with Gasteiger partial charge in [-0.2, -0.15) is 0 Å². The van der Waals surface area contributed by atoms with Crippen LogP contribution in [0.1, 0.15) is 49.3 Å². The lowest BCUT2D eigenvalue weighted by Crippen LogP contribution is -2.67. The molecule has 1 saturated heterocycles. The molecule has 2 aliphatic rings. The summed E-state index contributed by atoms with van der Waals surface area (Å²) < 4.78 is 33.7. The Hall–Kier alpha value is -3.00. The number of amides is 2. The lowest BCUT2D eigenvalue weighted by molar-refractivity contribution is -0.155. The molecule has 2 fully saturated rings. The smallest absolute Gasteiger partial charge is 0.410 e. The van der Waals surface area contributed by atoms with Gasteiger partial charge in [0.25, 0.3) is 0 Å². The lowest BCUT2D eigenvalue weighted by atomic mass is 9.72. The van der Waals surface area contributed by atoms with E-state index in [-0.39, 0.29) is 44.2 Å². The van der Waals surface area contributed by atoms with Gasteiger partial charge in [0.2, 0.25) is 11.8 Å². The molecule has 4 rings (SSSR count). The first-order valence-electron chi connectivity index (χ1n) is 11.7. The van der Waals surface area contributed by atoms with Crippen molar-refractivity contribution in [1.29, 1.82) is 0 Å². The summed E-state index contributed by atoms with van der Waals surface area (Å²) >= 11 is 0. The Morgan fingerprint density at radius 3 is 2.18 bits per heavy atom. The first kappa shape index (κ1) is 24.1. The summed E-state index contributed by atoms with van der Waals surface area (Å²) in [6.45, 7) is 2.64. The highest BCUT2D eigenvalue weighted by Gasteiger charge is 2.52. The van der Waals surface area contributed by atoms with E-state index in [9.17, 15) is 18.4 Å². The van der Waals surface area contributed by atoms with Gasteiger partial charge >= 0.3 is 6.09 Å². The molecule has 2 N–H and O–H groups in total. The average molecular weight is 472 g/mol. The van der Waals surface area contributed by atoms with Crippen molar-refractivity contribution in [2.45, 2.75) is 63.3 Å². The van der Waals surface area contributed by atoms with Crippen molar-refractivity contribution in [3.63, 3.8) is 0 Å². The second-order valence-corrected chi connectivity index (χ2v) is 9.28. The maximum atomic E-state index is 14.1.